The molecule has 1 aliphatic rings. The Morgan fingerprint density at radius 1 is 1.53 bits per heavy atom. The van der Waals surface area contributed by atoms with E-state index in [9.17, 15) is 14.0 Å². The van der Waals surface area contributed by atoms with Crippen molar-refractivity contribution in [3.8, 4) is 0 Å². The van der Waals surface area contributed by atoms with Gasteiger partial charge < -0.3 is 10.1 Å². The lowest BCUT2D eigenvalue weighted by atomic mass is 9.93. The van der Waals surface area contributed by atoms with Gasteiger partial charge in [0.1, 0.15) is 12.1 Å². The van der Waals surface area contributed by atoms with Crippen LogP contribution in [-0.4, -0.2) is 12.2 Å². The average Bonchev–Trinajstić information content (AvgIpc) is 2.57. The molecule has 0 saturated carbocycles. The zero-order valence-electron chi connectivity index (χ0n) is 9.79. The van der Waals surface area contributed by atoms with Gasteiger partial charge in [0, 0.05) is 6.42 Å². The smallest absolute Gasteiger partial charge is 0.231 e. The van der Waals surface area contributed by atoms with Crippen molar-refractivity contribution in [2.75, 3.05) is 5.32 Å². The number of hydrogen-bond donors (Lipinski definition) is 1. The molecule has 1 amide bonds. The molecule has 2 unspecified atom stereocenters. The quantitative estimate of drug-likeness (QED) is 0.818. The molecule has 1 aromatic rings. The summed E-state index contributed by atoms with van der Waals surface area (Å²) in [6.07, 6.45) is 1.18. The van der Waals surface area contributed by atoms with Crippen molar-refractivity contribution in [3.63, 3.8) is 0 Å². The fourth-order valence-electron chi connectivity index (χ4n) is 2.06. The predicted octanol–water partition coefficient (Wildman–Crippen LogP) is 2.57. The largest absolute Gasteiger partial charge is 0.323 e. The minimum Gasteiger partial charge on any atom is -0.323 e. The van der Waals surface area contributed by atoms with Gasteiger partial charge in [0.15, 0.2) is 0 Å². The molecule has 0 aromatic heterocycles. The fourth-order valence-corrected chi connectivity index (χ4v) is 2.06. The molecule has 1 aromatic carbocycles. The SMILES string of the molecule is CC(CC=O)c1cc(F)c2c(c1)C(C)C(=O)N2. The molecule has 4 heteroatoms. The molecule has 90 valence electrons. The molecule has 0 bridgehead atoms. The molecule has 0 aliphatic carbocycles. The maximum Gasteiger partial charge on any atom is 0.231 e. The Morgan fingerprint density at radius 3 is 2.88 bits per heavy atom. The number of benzene rings is 1. The lowest BCUT2D eigenvalue weighted by Crippen LogP contribution is -2.08. The van der Waals surface area contributed by atoms with Crippen molar-refractivity contribution in [1.29, 1.82) is 0 Å². The standard InChI is InChI=1S/C13H14FNO2/c1-7(3-4-16)9-5-10-8(2)13(17)15-12(10)11(14)6-9/h4-8H,3H2,1-2H3,(H,15,17). The molecule has 2 rings (SSSR count). The molecular weight excluding hydrogens is 221 g/mol. The highest BCUT2D eigenvalue weighted by Crippen LogP contribution is 2.36. The van der Waals surface area contributed by atoms with Crippen LogP contribution >= 0.6 is 0 Å². The van der Waals surface area contributed by atoms with Crippen LogP contribution in [-0.2, 0) is 9.59 Å². The number of rotatable bonds is 3. The summed E-state index contributed by atoms with van der Waals surface area (Å²) in [6, 6.07) is 3.21. The van der Waals surface area contributed by atoms with Crippen LogP contribution in [0.5, 0.6) is 0 Å². The minimum atomic E-state index is -0.423. The predicted molar refractivity (Wildman–Crippen MR) is 62.5 cm³/mol. The Labute approximate surface area is 99.0 Å². The fraction of sp³-hybridized carbons (Fsp3) is 0.385. The van der Waals surface area contributed by atoms with Gasteiger partial charge in [0.05, 0.1) is 11.6 Å². The first-order chi connectivity index (χ1) is 8.04. The van der Waals surface area contributed by atoms with Crippen molar-refractivity contribution in [1.82, 2.24) is 0 Å². The number of carbonyl (C=O) groups is 2. The van der Waals surface area contributed by atoms with Crippen LogP contribution in [0.4, 0.5) is 10.1 Å². The second-order valence-corrected chi connectivity index (χ2v) is 4.48. The Hall–Kier alpha value is -1.71. The van der Waals surface area contributed by atoms with E-state index in [1.807, 2.05) is 13.0 Å². The highest BCUT2D eigenvalue weighted by atomic mass is 19.1. The second kappa shape index (κ2) is 4.28. The minimum absolute atomic E-state index is 0.0322. The van der Waals surface area contributed by atoms with Crippen LogP contribution in [0.2, 0.25) is 0 Å². The van der Waals surface area contributed by atoms with E-state index in [1.165, 1.54) is 6.07 Å². The summed E-state index contributed by atoms with van der Waals surface area (Å²) in [4.78, 5) is 21.9. The Morgan fingerprint density at radius 2 is 2.24 bits per heavy atom. The third-order valence-electron chi connectivity index (χ3n) is 3.27. The third-order valence-corrected chi connectivity index (χ3v) is 3.27. The molecule has 1 heterocycles. The van der Waals surface area contributed by atoms with Crippen molar-refractivity contribution >= 4 is 17.9 Å². The Bertz CT molecular complexity index is 485. The molecule has 0 saturated heterocycles. The average molecular weight is 235 g/mol. The van der Waals surface area contributed by atoms with Crippen LogP contribution in [0, 0.1) is 5.82 Å². The highest BCUT2D eigenvalue weighted by molar-refractivity contribution is 6.02. The maximum atomic E-state index is 13.8. The van der Waals surface area contributed by atoms with Gasteiger partial charge in [-0.2, -0.15) is 0 Å². The van der Waals surface area contributed by atoms with Gasteiger partial charge in [-0.15, -0.1) is 0 Å². The summed E-state index contributed by atoms with van der Waals surface area (Å²) in [7, 11) is 0. The van der Waals surface area contributed by atoms with E-state index in [-0.39, 0.29) is 23.4 Å². The summed E-state index contributed by atoms with van der Waals surface area (Å²) >= 11 is 0. The molecule has 1 aliphatic heterocycles. The van der Waals surface area contributed by atoms with Crippen molar-refractivity contribution < 1.29 is 14.0 Å². The van der Waals surface area contributed by atoms with Crippen LogP contribution in [0.3, 0.4) is 0 Å². The van der Waals surface area contributed by atoms with E-state index in [0.717, 1.165) is 11.8 Å². The topological polar surface area (TPSA) is 46.2 Å². The number of halogens is 1. The van der Waals surface area contributed by atoms with Gasteiger partial charge in [0.25, 0.3) is 0 Å². The molecular formula is C13H14FNO2. The molecule has 0 fully saturated rings. The molecule has 17 heavy (non-hydrogen) atoms. The van der Waals surface area contributed by atoms with Gasteiger partial charge in [-0.05, 0) is 30.0 Å². The first-order valence-electron chi connectivity index (χ1n) is 5.62. The molecule has 2 atom stereocenters. The summed E-state index contributed by atoms with van der Waals surface area (Å²) in [5.41, 5.74) is 1.73. The molecule has 3 nitrogen and oxygen atoms in total. The lowest BCUT2D eigenvalue weighted by molar-refractivity contribution is -0.116. The monoisotopic (exact) mass is 235 g/mol. The van der Waals surface area contributed by atoms with E-state index >= 15 is 0 Å². The van der Waals surface area contributed by atoms with E-state index in [2.05, 4.69) is 5.32 Å². The number of amides is 1. The maximum absolute atomic E-state index is 13.8. The Kier molecular flexibility index (Phi) is 2.96. The van der Waals surface area contributed by atoms with Gasteiger partial charge in [-0.3, -0.25) is 4.79 Å². The number of carbonyl (C=O) groups excluding carboxylic acids is 2. The van der Waals surface area contributed by atoms with Gasteiger partial charge in [-0.1, -0.05) is 13.0 Å². The van der Waals surface area contributed by atoms with E-state index in [1.54, 1.807) is 6.92 Å². The number of fused-ring (bicyclic) bond motifs is 1. The summed E-state index contributed by atoms with van der Waals surface area (Å²) in [6.45, 7) is 3.61. The van der Waals surface area contributed by atoms with Gasteiger partial charge in [-0.25, -0.2) is 4.39 Å². The summed E-state index contributed by atoms with van der Waals surface area (Å²) in [5, 5.41) is 2.53. The van der Waals surface area contributed by atoms with Crippen molar-refractivity contribution in [3.05, 3.63) is 29.1 Å². The summed E-state index contributed by atoms with van der Waals surface area (Å²) in [5.74, 6) is -0.967. The van der Waals surface area contributed by atoms with Gasteiger partial charge >= 0.3 is 0 Å². The van der Waals surface area contributed by atoms with E-state index in [4.69, 9.17) is 0 Å². The van der Waals surface area contributed by atoms with Crippen LogP contribution in [0.1, 0.15) is 43.2 Å². The van der Waals surface area contributed by atoms with Crippen molar-refractivity contribution in [2.24, 2.45) is 0 Å². The van der Waals surface area contributed by atoms with Crippen LogP contribution in [0.25, 0.3) is 0 Å². The van der Waals surface area contributed by atoms with Crippen LogP contribution < -0.4 is 5.32 Å². The number of anilines is 1. The first-order valence-corrected chi connectivity index (χ1v) is 5.62. The lowest BCUT2D eigenvalue weighted by Gasteiger charge is -2.11. The number of aldehydes is 1. The normalized spacial score (nSPS) is 19.7. The van der Waals surface area contributed by atoms with E-state index in [0.29, 0.717) is 12.0 Å². The highest BCUT2D eigenvalue weighted by Gasteiger charge is 2.29. The summed E-state index contributed by atoms with van der Waals surface area (Å²) < 4.78 is 13.8. The molecule has 1 N–H and O–H groups in total. The number of hydrogen-bond acceptors (Lipinski definition) is 2. The van der Waals surface area contributed by atoms with Gasteiger partial charge in [0.2, 0.25) is 5.91 Å². The zero-order valence-corrected chi connectivity index (χ0v) is 9.79. The van der Waals surface area contributed by atoms with Crippen molar-refractivity contribution in [2.45, 2.75) is 32.1 Å². The number of nitrogens with one attached hydrogen (secondary N) is 1. The van der Waals surface area contributed by atoms with E-state index < -0.39 is 5.82 Å². The second-order valence-electron chi connectivity index (χ2n) is 4.48. The third kappa shape index (κ3) is 1.95. The molecule has 0 spiro atoms. The Balaban J connectivity index is 2.44. The first kappa shape index (κ1) is 11.8. The molecule has 0 radical (unpaired) electrons. The van der Waals surface area contributed by atoms with Crippen LogP contribution in [0.15, 0.2) is 12.1 Å². The zero-order chi connectivity index (χ0) is 12.6.